The van der Waals surface area contributed by atoms with Gasteiger partial charge in [0.15, 0.2) is 0 Å². The first-order valence-corrected chi connectivity index (χ1v) is 3.94. The summed E-state index contributed by atoms with van der Waals surface area (Å²) in [6.45, 7) is 3.18. The van der Waals surface area contributed by atoms with E-state index in [-0.39, 0.29) is 11.9 Å². The molecule has 0 aromatic carbocycles. The number of rotatable bonds is 5. The Morgan fingerprint density at radius 3 is 2.92 bits per heavy atom. The first-order valence-electron chi connectivity index (χ1n) is 3.94. The molecule has 0 aromatic heterocycles. The third-order valence-electron chi connectivity index (χ3n) is 1.50. The maximum absolute atomic E-state index is 10.9. The van der Waals surface area contributed by atoms with Crippen molar-refractivity contribution in [3.63, 3.8) is 0 Å². The predicted molar refractivity (Wildman–Crippen MR) is 47.5 cm³/mol. The lowest BCUT2D eigenvalue weighted by molar-refractivity contribution is -0.144. The fraction of sp³-hybridized carbons (Fsp3) is 0.667. The van der Waals surface area contributed by atoms with Crippen molar-refractivity contribution in [3.05, 3.63) is 0 Å². The largest absolute Gasteiger partial charge is 0.469 e. The third kappa shape index (κ3) is 4.75. The molecule has 0 saturated carbocycles. The average Bonchev–Trinajstić information content (AvgIpc) is 2.10. The topological polar surface area (TPSA) is 38.3 Å². The van der Waals surface area contributed by atoms with Gasteiger partial charge in [0.2, 0.25) is 0 Å². The van der Waals surface area contributed by atoms with Crippen LogP contribution in [-0.2, 0) is 9.53 Å². The lowest BCUT2D eigenvalue weighted by Crippen LogP contribution is -2.27. The van der Waals surface area contributed by atoms with Gasteiger partial charge in [-0.3, -0.25) is 4.79 Å². The van der Waals surface area contributed by atoms with Crippen LogP contribution in [0.15, 0.2) is 0 Å². The fourth-order valence-corrected chi connectivity index (χ4v) is 0.764. The van der Waals surface area contributed by atoms with E-state index in [0.717, 1.165) is 6.54 Å². The summed E-state index contributed by atoms with van der Waals surface area (Å²) in [6, 6.07) is 0. The van der Waals surface area contributed by atoms with Crippen molar-refractivity contribution in [2.45, 2.75) is 13.3 Å². The van der Waals surface area contributed by atoms with Crippen LogP contribution in [0.4, 0.5) is 0 Å². The van der Waals surface area contributed by atoms with Crippen molar-refractivity contribution in [1.29, 1.82) is 0 Å². The molecule has 0 heterocycles. The first kappa shape index (κ1) is 11.0. The molecule has 0 bridgehead atoms. The van der Waals surface area contributed by atoms with Crippen LogP contribution in [0.3, 0.4) is 0 Å². The highest BCUT2D eigenvalue weighted by molar-refractivity contribution is 5.71. The quantitative estimate of drug-likeness (QED) is 0.368. The predicted octanol–water partition coefficient (Wildman–Crippen LogP) is 0.408. The smallest absolute Gasteiger partial charge is 0.309 e. The number of carbonyl (C=O) groups excluding carboxylic acids is 1. The number of ether oxygens (including phenoxy) is 1. The van der Waals surface area contributed by atoms with Gasteiger partial charge in [-0.25, -0.2) is 0 Å². The molecule has 0 amide bonds. The van der Waals surface area contributed by atoms with Crippen molar-refractivity contribution in [2.24, 2.45) is 5.92 Å². The van der Waals surface area contributed by atoms with Crippen LogP contribution < -0.4 is 5.32 Å². The zero-order chi connectivity index (χ0) is 9.40. The molecule has 1 atom stereocenters. The number of esters is 1. The molecule has 3 nitrogen and oxygen atoms in total. The Morgan fingerprint density at radius 1 is 1.75 bits per heavy atom. The van der Waals surface area contributed by atoms with E-state index < -0.39 is 0 Å². The number of methoxy groups -OCH3 is 1. The summed E-state index contributed by atoms with van der Waals surface area (Å²) in [6.07, 6.45) is 5.74. The Morgan fingerprint density at radius 2 is 2.42 bits per heavy atom. The Labute approximate surface area is 73.5 Å². The van der Waals surface area contributed by atoms with E-state index in [9.17, 15) is 4.79 Å². The van der Waals surface area contributed by atoms with E-state index in [2.05, 4.69) is 16.0 Å². The summed E-state index contributed by atoms with van der Waals surface area (Å²) in [5.74, 6) is 2.21. The second kappa shape index (κ2) is 6.68. The zero-order valence-electron chi connectivity index (χ0n) is 7.59. The number of terminal acetylenes is 1. The summed E-state index contributed by atoms with van der Waals surface area (Å²) < 4.78 is 4.55. The Bertz CT molecular complexity index is 172. The summed E-state index contributed by atoms with van der Waals surface area (Å²) in [5, 5.41) is 3.06. The van der Waals surface area contributed by atoms with Gasteiger partial charge in [-0.2, -0.15) is 0 Å². The van der Waals surface area contributed by atoms with Crippen molar-refractivity contribution >= 4 is 5.97 Å². The van der Waals surface area contributed by atoms with Crippen LogP contribution in [0, 0.1) is 18.3 Å². The van der Waals surface area contributed by atoms with Gasteiger partial charge in [0.1, 0.15) is 0 Å². The monoisotopic (exact) mass is 169 g/mol. The molecule has 0 aliphatic carbocycles. The number of carbonyl (C=O) groups is 1. The van der Waals surface area contributed by atoms with E-state index in [0.29, 0.717) is 13.0 Å². The van der Waals surface area contributed by atoms with Gasteiger partial charge in [0.05, 0.1) is 13.0 Å². The maximum Gasteiger partial charge on any atom is 0.309 e. The van der Waals surface area contributed by atoms with Gasteiger partial charge in [-0.15, -0.1) is 12.3 Å². The van der Waals surface area contributed by atoms with Crippen LogP contribution in [0.5, 0.6) is 0 Å². The molecular weight excluding hydrogens is 154 g/mol. The highest BCUT2D eigenvalue weighted by atomic mass is 16.5. The molecule has 0 rings (SSSR count). The Kier molecular flexibility index (Phi) is 6.12. The van der Waals surface area contributed by atoms with Crippen LogP contribution in [0.2, 0.25) is 0 Å². The van der Waals surface area contributed by atoms with E-state index in [4.69, 9.17) is 6.42 Å². The second-order valence-electron chi connectivity index (χ2n) is 2.58. The average molecular weight is 169 g/mol. The zero-order valence-corrected chi connectivity index (χ0v) is 7.59. The number of hydrogen-bond acceptors (Lipinski definition) is 3. The Hall–Kier alpha value is -1.01. The van der Waals surface area contributed by atoms with Gasteiger partial charge >= 0.3 is 5.97 Å². The van der Waals surface area contributed by atoms with Crippen LogP contribution >= 0.6 is 0 Å². The Balaban J connectivity index is 3.38. The van der Waals surface area contributed by atoms with Crippen molar-refractivity contribution in [1.82, 2.24) is 5.32 Å². The van der Waals surface area contributed by atoms with Gasteiger partial charge in [0, 0.05) is 19.5 Å². The molecule has 0 spiro atoms. The molecule has 3 heteroatoms. The summed E-state index contributed by atoms with van der Waals surface area (Å²) >= 11 is 0. The number of nitrogens with one attached hydrogen (secondary N) is 1. The summed E-state index contributed by atoms with van der Waals surface area (Å²) in [7, 11) is 1.39. The molecule has 1 unspecified atom stereocenters. The lowest BCUT2D eigenvalue weighted by atomic mass is 10.2. The van der Waals surface area contributed by atoms with E-state index in [1.807, 2.05) is 6.92 Å². The van der Waals surface area contributed by atoms with Gasteiger partial charge in [-0.05, 0) is 0 Å². The summed E-state index contributed by atoms with van der Waals surface area (Å²) in [4.78, 5) is 10.9. The molecule has 0 aliphatic rings. The minimum Gasteiger partial charge on any atom is -0.469 e. The minimum atomic E-state index is -0.191. The highest BCUT2D eigenvalue weighted by Crippen LogP contribution is 1.94. The second-order valence-corrected chi connectivity index (χ2v) is 2.58. The molecule has 0 aromatic rings. The molecule has 68 valence electrons. The molecule has 0 fully saturated rings. The minimum absolute atomic E-state index is 0.104. The normalized spacial score (nSPS) is 11.8. The van der Waals surface area contributed by atoms with E-state index in [1.165, 1.54) is 7.11 Å². The third-order valence-corrected chi connectivity index (χ3v) is 1.50. The van der Waals surface area contributed by atoms with Crippen molar-refractivity contribution in [2.75, 3.05) is 20.2 Å². The van der Waals surface area contributed by atoms with Crippen molar-refractivity contribution in [3.8, 4) is 12.3 Å². The maximum atomic E-state index is 10.9. The van der Waals surface area contributed by atoms with Gasteiger partial charge < -0.3 is 10.1 Å². The number of hydrogen-bond donors (Lipinski definition) is 1. The first-order chi connectivity index (χ1) is 5.72. The molecule has 0 radical (unpaired) electrons. The molecule has 1 N–H and O–H groups in total. The molecule has 12 heavy (non-hydrogen) atoms. The van der Waals surface area contributed by atoms with Crippen LogP contribution in [-0.4, -0.2) is 26.2 Å². The summed E-state index contributed by atoms with van der Waals surface area (Å²) in [5.41, 5.74) is 0. The standard InChI is InChI=1S/C9H15NO2/c1-4-5-6-10-7-8(2)9(11)12-3/h1,8,10H,5-7H2,2-3H3. The van der Waals surface area contributed by atoms with Crippen LogP contribution in [0.25, 0.3) is 0 Å². The lowest BCUT2D eigenvalue weighted by Gasteiger charge is -2.08. The molecule has 0 saturated heterocycles. The van der Waals surface area contributed by atoms with E-state index >= 15 is 0 Å². The molecular formula is C9H15NO2. The molecule has 0 aliphatic heterocycles. The van der Waals surface area contributed by atoms with E-state index in [1.54, 1.807) is 0 Å². The van der Waals surface area contributed by atoms with Crippen LogP contribution in [0.1, 0.15) is 13.3 Å². The van der Waals surface area contributed by atoms with Gasteiger partial charge in [-0.1, -0.05) is 6.92 Å². The van der Waals surface area contributed by atoms with Gasteiger partial charge in [0.25, 0.3) is 0 Å². The SMILES string of the molecule is C#CCCNCC(C)C(=O)OC. The highest BCUT2D eigenvalue weighted by Gasteiger charge is 2.11. The van der Waals surface area contributed by atoms with Crippen molar-refractivity contribution < 1.29 is 9.53 Å². The fourth-order valence-electron chi connectivity index (χ4n) is 0.764.